The fraction of sp³-hybridized carbons (Fsp3) is 1.00. The van der Waals surface area contributed by atoms with Crippen molar-refractivity contribution in [2.45, 2.75) is 116 Å². The van der Waals surface area contributed by atoms with Gasteiger partial charge in [-0.15, -0.1) is 0 Å². The molecule has 0 unspecified atom stereocenters. The van der Waals surface area contributed by atoms with Crippen molar-refractivity contribution >= 4 is 8.07 Å². The maximum absolute atomic E-state index is 9.34. The van der Waals surface area contributed by atoms with Crippen LogP contribution in [0.1, 0.15) is 110 Å². The summed E-state index contributed by atoms with van der Waals surface area (Å²) in [6.45, 7) is 2.28. The molecule has 3 N–H and O–H groups in total. The van der Waals surface area contributed by atoms with Crippen LogP contribution in [-0.4, -0.2) is 42.1 Å². The van der Waals surface area contributed by atoms with E-state index < -0.39 is 8.07 Å². The summed E-state index contributed by atoms with van der Waals surface area (Å²) >= 11 is 0. The maximum atomic E-state index is 9.34. The third kappa shape index (κ3) is 14.9. The van der Waals surface area contributed by atoms with Gasteiger partial charge in [-0.1, -0.05) is 116 Å². The van der Waals surface area contributed by atoms with Crippen LogP contribution in [0.4, 0.5) is 0 Å². The molecule has 0 aliphatic heterocycles. The van der Waals surface area contributed by atoms with Crippen molar-refractivity contribution in [3.8, 4) is 0 Å². The topological polar surface area (TPSA) is 60.7 Å². The summed E-state index contributed by atoms with van der Waals surface area (Å²) in [5.41, 5.74) is 0. The van der Waals surface area contributed by atoms with Crippen molar-refractivity contribution in [2.75, 3.05) is 18.7 Å². The van der Waals surface area contributed by atoms with Crippen LogP contribution in [-0.2, 0) is 0 Å². The number of aliphatic hydroxyl groups excluding tert-OH is 3. The molecule has 0 radical (unpaired) electrons. The quantitative estimate of drug-likeness (QED) is 0.200. The van der Waals surface area contributed by atoms with Gasteiger partial charge < -0.3 is 15.3 Å². The first-order valence-corrected chi connectivity index (χ1v) is 13.9. The highest BCUT2D eigenvalue weighted by Crippen LogP contribution is 2.17. The monoisotopic (exact) mass is 374 g/mol. The highest BCUT2D eigenvalue weighted by atomic mass is 28.3. The maximum Gasteiger partial charge on any atom is 0.139 e. The molecule has 0 aromatic heterocycles. The summed E-state index contributed by atoms with van der Waals surface area (Å²) in [4.78, 5) is 0. The Labute approximate surface area is 158 Å². The van der Waals surface area contributed by atoms with Crippen LogP contribution in [0.15, 0.2) is 0 Å². The van der Waals surface area contributed by atoms with Gasteiger partial charge in [-0.05, 0) is 0 Å². The van der Waals surface area contributed by atoms with E-state index in [4.69, 9.17) is 0 Å². The Morgan fingerprint density at radius 1 is 0.440 bits per heavy atom. The molecular formula is C21H46O3Si. The molecule has 0 amide bonds. The first-order chi connectivity index (χ1) is 12.2. The summed E-state index contributed by atoms with van der Waals surface area (Å²) in [6, 6.07) is 0.856. The van der Waals surface area contributed by atoms with Crippen LogP contribution in [0, 0.1) is 0 Å². The molecule has 0 spiro atoms. The van der Waals surface area contributed by atoms with Gasteiger partial charge in [-0.25, -0.2) is 0 Å². The molecule has 4 heteroatoms. The zero-order valence-electron chi connectivity index (χ0n) is 17.0. The summed E-state index contributed by atoms with van der Waals surface area (Å²) < 4.78 is 0. The van der Waals surface area contributed by atoms with Crippen molar-refractivity contribution in [2.24, 2.45) is 0 Å². The van der Waals surface area contributed by atoms with Crippen LogP contribution < -0.4 is 0 Å². The third-order valence-corrected chi connectivity index (χ3v) is 8.99. The molecule has 0 rings (SSSR count). The Morgan fingerprint density at radius 3 is 1.00 bits per heavy atom. The fourth-order valence-corrected chi connectivity index (χ4v) is 5.21. The van der Waals surface area contributed by atoms with Crippen LogP contribution in [0.3, 0.4) is 0 Å². The van der Waals surface area contributed by atoms with Gasteiger partial charge in [0.25, 0.3) is 0 Å². The Morgan fingerprint density at radius 2 is 0.720 bits per heavy atom. The Kier molecular flexibility index (Phi) is 18.9. The van der Waals surface area contributed by atoms with E-state index in [9.17, 15) is 15.3 Å². The molecule has 0 saturated carbocycles. The molecule has 0 heterocycles. The molecular weight excluding hydrogens is 328 g/mol. The summed E-state index contributed by atoms with van der Waals surface area (Å²) in [5, 5.41) is 28.0. The SMILES string of the molecule is CCCCCCCCCCCCCCCCCC[Si](CO)(CO)CO. The van der Waals surface area contributed by atoms with Gasteiger partial charge in [0.15, 0.2) is 0 Å². The van der Waals surface area contributed by atoms with E-state index in [1.165, 1.54) is 96.3 Å². The first-order valence-electron chi connectivity index (χ1n) is 11.1. The van der Waals surface area contributed by atoms with Crippen LogP contribution in [0.2, 0.25) is 6.04 Å². The molecule has 0 atom stereocenters. The molecule has 0 saturated heterocycles. The van der Waals surface area contributed by atoms with E-state index in [0.717, 1.165) is 12.5 Å². The number of rotatable bonds is 20. The first kappa shape index (κ1) is 25.1. The number of aliphatic hydroxyl groups is 3. The molecule has 0 aliphatic rings. The largest absolute Gasteiger partial charge is 0.399 e. The minimum Gasteiger partial charge on any atom is -0.399 e. The van der Waals surface area contributed by atoms with Crippen molar-refractivity contribution in [1.82, 2.24) is 0 Å². The van der Waals surface area contributed by atoms with Crippen LogP contribution in [0.25, 0.3) is 0 Å². The van der Waals surface area contributed by atoms with Crippen LogP contribution in [0.5, 0.6) is 0 Å². The Bertz CT molecular complexity index is 249. The zero-order valence-corrected chi connectivity index (χ0v) is 18.0. The highest BCUT2D eigenvalue weighted by molar-refractivity contribution is 6.79. The minimum absolute atomic E-state index is 0.0126. The lowest BCUT2D eigenvalue weighted by atomic mass is 10.0. The lowest BCUT2D eigenvalue weighted by molar-refractivity contribution is 0.286. The predicted molar refractivity (Wildman–Crippen MR) is 111 cm³/mol. The summed E-state index contributed by atoms with van der Waals surface area (Å²) in [5.74, 6) is 0. The fourth-order valence-electron chi connectivity index (χ4n) is 3.44. The summed E-state index contributed by atoms with van der Waals surface area (Å²) in [7, 11) is -2.16. The zero-order chi connectivity index (χ0) is 18.6. The van der Waals surface area contributed by atoms with Gasteiger partial charge in [-0.2, -0.15) is 0 Å². The van der Waals surface area contributed by atoms with E-state index in [1.54, 1.807) is 0 Å². The predicted octanol–water partition coefficient (Wildman–Crippen LogP) is 5.29. The van der Waals surface area contributed by atoms with E-state index in [0.29, 0.717) is 0 Å². The van der Waals surface area contributed by atoms with Gasteiger partial charge in [0, 0.05) is 18.7 Å². The smallest absolute Gasteiger partial charge is 0.139 e. The molecule has 0 bridgehead atoms. The second-order valence-corrected chi connectivity index (χ2v) is 12.5. The highest BCUT2D eigenvalue weighted by Gasteiger charge is 2.30. The second-order valence-electron chi connectivity index (χ2n) is 8.03. The van der Waals surface area contributed by atoms with E-state index in [-0.39, 0.29) is 18.7 Å². The third-order valence-electron chi connectivity index (χ3n) is 5.57. The summed E-state index contributed by atoms with van der Waals surface area (Å²) in [6.07, 6.45) is 21.7. The number of hydrogen-bond donors (Lipinski definition) is 3. The lowest BCUT2D eigenvalue weighted by Crippen LogP contribution is -2.48. The normalized spacial score (nSPS) is 12.0. The molecule has 0 fully saturated rings. The van der Waals surface area contributed by atoms with Gasteiger partial charge in [0.05, 0.1) is 0 Å². The lowest BCUT2D eigenvalue weighted by Gasteiger charge is -2.24. The second kappa shape index (κ2) is 18.9. The average molecular weight is 375 g/mol. The van der Waals surface area contributed by atoms with Crippen molar-refractivity contribution in [3.63, 3.8) is 0 Å². The van der Waals surface area contributed by atoms with Gasteiger partial charge in [0.2, 0.25) is 0 Å². The van der Waals surface area contributed by atoms with E-state index in [2.05, 4.69) is 6.92 Å². The molecule has 0 aromatic rings. The Hall–Kier alpha value is 0.0969. The standard InChI is InChI=1S/C21H46O3Si/c1-2-3-4-5-6-7-8-9-10-11-12-13-14-15-16-17-18-25(19-22,20-23)21-24/h22-24H,2-21H2,1H3. The molecule has 3 nitrogen and oxygen atoms in total. The number of hydrogen-bond acceptors (Lipinski definition) is 3. The van der Waals surface area contributed by atoms with Crippen molar-refractivity contribution in [1.29, 1.82) is 0 Å². The van der Waals surface area contributed by atoms with E-state index in [1.807, 2.05) is 0 Å². The Balaban J connectivity index is 3.21. The molecule has 0 aromatic carbocycles. The van der Waals surface area contributed by atoms with Crippen molar-refractivity contribution in [3.05, 3.63) is 0 Å². The average Bonchev–Trinajstić information content (AvgIpc) is 2.65. The number of unbranched alkanes of at least 4 members (excludes halogenated alkanes) is 15. The minimum atomic E-state index is -2.16. The van der Waals surface area contributed by atoms with Crippen LogP contribution >= 0.6 is 0 Å². The van der Waals surface area contributed by atoms with Gasteiger partial charge >= 0.3 is 0 Å². The van der Waals surface area contributed by atoms with Gasteiger partial charge in [-0.3, -0.25) is 0 Å². The molecule has 25 heavy (non-hydrogen) atoms. The van der Waals surface area contributed by atoms with Gasteiger partial charge in [0.1, 0.15) is 8.07 Å². The van der Waals surface area contributed by atoms with E-state index >= 15 is 0 Å². The van der Waals surface area contributed by atoms with Crippen molar-refractivity contribution < 1.29 is 15.3 Å². The molecule has 152 valence electrons. The molecule has 0 aliphatic carbocycles.